The van der Waals surface area contributed by atoms with Crippen LogP contribution in [0.15, 0.2) is 73.3 Å². The van der Waals surface area contributed by atoms with Crippen molar-refractivity contribution >= 4 is 19.4 Å². The molecule has 5 heteroatoms. The van der Waals surface area contributed by atoms with E-state index >= 15 is 0 Å². The second kappa shape index (κ2) is 8.95. The predicted octanol–water partition coefficient (Wildman–Crippen LogP) is 2.66. The molecule has 3 nitrogen and oxygen atoms in total. The Morgan fingerprint density at radius 2 is 1.88 bits per heavy atom. The molecular weight excluding hydrogens is 382 g/mol. The van der Waals surface area contributed by atoms with Gasteiger partial charge in [-0.05, 0) is 0 Å². The first-order chi connectivity index (χ1) is 12.2. The molecule has 2 aromatic carbocycles. The van der Waals surface area contributed by atoms with Gasteiger partial charge in [-0.25, -0.2) is 0 Å². The van der Waals surface area contributed by atoms with Gasteiger partial charge < -0.3 is 0 Å². The van der Waals surface area contributed by atoms with Gasteiger partial charge in [-0.2, -0.15) is 0 Å². The summed E-state index contributed by atoms with van der Waals surface area (Å²) in [6, 6.07) is 17.1. The normalized spacial score (nSPS) is 12.2. The van der Waals surface area contributed by atoms with E-state index in [0.717, 1.165) is 17.4 Å². The number of halogens is 1. The Hall–Kier alpha value is -1.94. The molecule has 1 heterocycles. The molecule has 0 fully saturated rings. The van der Waals surface area contributed by atoms with Crippen LogP contribution in [0.2, 0.25) is 5.32 Å². The van der Waals surface area contributed by atoms with E-state index < -0.39 is 0 Å². The van der Waals surface area contributed by atoms with Gasteiger partial charge in [0.2, 0.25) is 0 Å². The third-order valence-electron chi connectivity index (χ3n) is 3.88. The number of nitrogens with zero attached hydrogens (tertiary/aromatic N) is 2. The van der Waals surface area contributed by atoms with Crippen molar-refractivity contribution in [1.29, 1.82) is 0 Å². The molecule has 3 aromatic rings. The molecule has 0 radical (unpaired) electrons. The van der Waals surface area contributed by atoms with E-state index in [9.17, 15) is 4.39 Å². The van der Waals surface area contributed by atoms with Crippen LogP contribution in [0.5, 0.6) is 0 Å². The number of imidazole rings is 1. The van der Waals surface area contributed by atoms with Crippen LogP contribution in [0.4, 0.5) is 4.39 Å². The van der Waals surface area contributed by atoms with E-state index in [4.69, 9.17) is 4.74 Å². The first-order valence-electron chi connectivity index (χ1n) is 8.26. The molecule has 0 aliphatic heterocycles. The van der Waals surface area contributed by atoms with Crippen LogP contribution in [0, 0.1) is 5.82 Å². The van der Waals surface area contributed by atoms with Crippen LogP contribution in [0.25, 0.3) is 0 Å². The van der Waals surface area contributed by atoms with Crippen molar-refractivity contribution < 1.29 is 13.7 Å². The molecule has 0 aliphatic carbocycles. The fourth-order valence-corrected chi connectivity index (χ4v) is 4.60. The summed E-state index contributed by atoms with van der Waals surface area (Å²) in [5.41, 5.74) is 1.04. The van der Waals surface area contributed by atoms with Crippen LogP contribution < -0.4 is 9.03 Å². The van der Waals surface area contributed by atoms with Gasteiger partial charge in [0, 0.05) is 0 Å². The summed E-state index contributed by atoms with van der Waals surface area (Å²) < 4.78 is 24.9. The average molecular weight is 404 g/mol. The molecule has 0 aliphatic rings. The summed E-state index contributed by atoms with van der Waals surface area (Å²) in [7, 11) is 2.00. The molecule has 1 unspecified atom stereocenters. The van der Waals surface area contributed by atoms with Gasteiger partial charge in [-0.15, -0.1) is 0 Å². The maximum atomic E-state index is 13.2. The summed E-state index contributed by atoms with van der Waals surface area (Å²) in [5.74, 6) is -0.212. The first-order valence-corrected chi connectivity index (χ1v) is 10.3. The van der Waals surface area contributed by atoms with Crippen LogP contribution in [0.1, 0.15) is 11.7 Å². The molecule has 130 valence electrons. The summed E-state index contributed by atoms with van der Waals surface area (Å²) in [5, 5.41) is 0.933. The predicted molar refractivity (Wildman–Crippen MR) is 97.3 cm³/mol. The fraction of sp³-hybridized carbons (Fsp3) is 0.250. The molecule has 0 saturated carbocycles. The number of hydrogen-bond acceptors (Lipinski definition) is 1. The molecule has 3 rings (SSSR count). The second-order valence-corrected chi connectivity index (χ2v) is 8.15. The van der Waals surface area contributed by atoms with E-state index in [1.165, 1.54) is 16.6 Å². The van der Waals surface area contributed by atoms with Crippen LogP contribution in [-0.2, 0) is 18.3 Å². The van der Waals surface area contributed by atoms with Gasteiger partial charge in [-0.1, -0.05) is 0 Å². The number of aryl methyl sites for hydroxylation is 1. The Kier molecular flexibility index (Phi) is 6.40. The second-order valence-electron chi connectivity index (χ2n) is 5.85. The van der Waals surface area contributed by atoms with Gasteiger partial charge in [0.25, 0.3) is 0 Å². The van der Waals surface area contributed by atoms with Crippen molar-refractivity contribution in [2.45, 2.75) is 18.0 Å². The Labute approximate surface area is 154 Å². The van der Waals surface area contributed by atoms with Crippen molar-refractivity contribution in [1.82, 2.24) is 4.57 Å². The third-order valence-corrected chi connectivity index (χ3v) is 6.13. The number of rotatable bonds is 8. The van der Waals surface area contributed by atoms with Gasteiger partial charge in [-0.3, -0.25) is 0 Å². The zero-order chi connectivity index (χ0) is 17.5. The van der Waals surface area contributed by atoms with Crippen LogP contribution in [-0.4, -0.2) is 26.1 Å². The zero-order valence-corrected chi connectivity index (χ0v) is 15.9. The van der Waals surface area contributed by atoms with E-state index in [1.54, 1.807) is 0 Å². The molecule has 0 spiro atoms. The Morgan fingerprint density at radius 1 is 1.12 bits per heavy atom. The van der Waals surface area contributed by atoms with Gasteiger partial charge in [0.05, 0.1) is 0 Å². The van der Waals surface area contributed by atoms with E-state index in [0.29, 0.717) is 21.6 Å². The first kappa shape index (κ1) is 17.9. The maximum absolute atomic E-state index is 13.2. The van der Waals surface area contributed by atoms with Crippen LogP contribution >= 0.6 is 0 Å². The monoisotopic (exact) mass is 405 g/mol. The molecule has 0 saturated heterocycles. The van der Waals surface area contributed by atoms with Crippen LogP contribution in [0.3, 0.4) is 0 Å². The summed E-state index contributed by atoms with van der Waals surface area (Å²) in [6.45, 7) is 1.43. The number of hydrogen-bond donors (Lipinski definition) is 0. The van der Waals surface area contributed by atoms with Crippen molar-refractivity contribution in [2.75, 3.05) is 6.61 Å². The number of aromatic nitrogens is 2. The van der Waals surface area contributed by atoms with Crippen molar-refractivity contribution in [3.05, 3.63) is 84.7 Å². The minimum atomic E-state index is -0.212. The topological polar surface area (TPSA) is 18.0 Å². The molecule has 1 aromatic heterocycles. The third kappa shape index (κ3) is 5.53. The fourth-order valence-electron chi connectivity index (χ4n) is 2.54. The Morgan fingerprint density at radius 3 is 2.56 bits per heavy atom. The SMILES string of the molecule is C[n+]1ccn(CCOC(C[Se]c2ccccc2)c2ccc(F)cc2)c1. The summed E-state index contributed by atoms with van der Waals surface area (Å²) >= 11 is 0.320. The van der Waals surface area contributed by atoms with Gasteiger partial charge in [0.15, 0.2) is 0 Å². The minimum absolute atomic E-state index is 0.00915. The molecule has 25 heavy (non-hydrogen) atoms. The molecule has 1 atom stereocenters. The van der Waals surface area contributed by atoms with Crippen molar-refractivity contribution in [3.63, 3.8) is 0 Å². The molecule has 0 amide bonds. The number of ether oxygens (including phenoxy) is 1. The van der Waals surface area contributed by atoms with Gasteiger partial charge in [0.1, 0.15) is 0 Å². The molecule has 0 bridgehead atoms. The van der Waals surface area contributed by atoms with Crippen molar-refractivity contribution in [2.24, 2.45) is 7.05 Å². The zero-order valence-electron chi connectivity index (χ0n) is 14.2. The quantitative estimate of drug-likeness (QED) is 0.417. The van der Waals surface area contributed by atoms with E-state index in [-0.39, 0.29) is 11.9 Å². The van der Waals surface area contributed by atoms with E-state index in [2.05, 4.69) is 28.8 Å². The average Bonchev–Trinajstić information content (AvgIpc) is 3.05. The molecule has 0 N–H and O–H groups in total. The van der Waals surface area contributed by atoms with Gasteiger partial charge >= 0.3 is 154 Å². The summed E-state index contributed by atoms with van der Waals surface area (Å²) in [4.78, 5) is 0. The Bertz CT molecular complexity index is 774. The van der Waals surface area contributed by atoms with Crippen molar-refractivity contribution in [3.8, 4) is 0 Å². The summed E-state index contributed by atoms with van der Waals surface area (Å²) in [6.07, 6.45) is 6.06. The molecular formula is C20H22FN2OSe+. The van der Waals surface area contributed by atoms with E-state index in [1.807, 2.05) is 48.5 Å². The standard InChI is InChI=1S/C20H22FN2OSe/c1-22-11-12-23(16-22)13-14-24-20(17-7-9-18(21)10-8-17)15-25-19-5-3-2-4-6-19/h2-12,16,20H,13-15H2,1H3/q+1. The Balaban J connectivity index is 1.62. The number of benzene rings is 2.